The van der Waals surface area contributed by atoms with E-state index < -0.39 is 17.3 Å². The number of aromatic nitrogens is 6. The van der Waals surface area contributed by atoms with E-state index in [-0.39, 0.29) is 18.0 Å². The molecule has 5 aromatic rings. The Morgan fingerprint density at radius 1 is 0.914 bits per heavy atom. The number of hydrogen-bond donors (Lipinski definition) is 0. The second-order valence-electron chi connectivity index (χ2n) is 7.30. The fourth-order valence-corrected chi connectivity index (χ4v) is 4.15. The molecule has 0 aliphatic heterocycles. The minimum Gasteiger partial charge on any atom is -0.441 e. The SMILES string of the molecule is O=C(CSc1nnc(-c2ccccc2F)n1-c1ccccc1)OCn1nnc2ccccc2c1=O. The maximum Gasteiger partial charge on any atom is 0.318 e. The van der Waals surface area contributed by atoms with Gasteiger partial charge in [0.1, 0.15) is 11.3 Å². The number of carbonyl (C=O) groups excluding carboxylic acids is 1. The molecule has 0 aliphatic rings. The molecule has 35 heavy (non-hydrogen) atoms. The van der Waals surface area contributed by atoms with Gasteiger partial charge in [0.05, 0.1) is 16.7 Å². The highest BCUT2D eigenvalue weighted by Crippen LogP contribution is 2.29. The maximum absolute atomic E-state index is 14.5. The topological polar surface area (TPSA) is 105 Å². The minimum absolute atomic E-state index is 0.113. The first kappa shape index (κ1) is 22.4. The Bertz CT molecular complexity index is 1570. The molecule has 0 aliphatic carbocycles. The Balaban J connectivity index is 1.33. The zero-order valence-corrected chi connectivity index (χ0v) is 18.9. The van der Waals surface area contributed by atoms with E-state index in [1.807, 2.05) is 30.3 Å². The van der Waals surface area contributed by atoms with Crippen molar-refractivity contribution in [2.75, 3.05) is 5.75 Å². The monoisotopic (exact) mass is 488 g/mol. The molecule has 2 heterocycles. The van der Waals surface area contributed by atoms with Crippen molar-refractivity contribution in [3.63, 3.8) is 0 Å². The minimum atomic E-state index is -0.591. The predicted octanol–water partition coefficient (Wildman–Crippen LogP) is 3.47. The van der Waals surface area contributed by atoms with Crippen LogP contribution in [0.3, 0.4) is 0 Å². The molecular weight excluding hydrogens is 471 g/mol. The summed E-state index contributed by atoms with van der Waals surface area (Å²) in [7, 11) is 0. The first-order valence-electron chi connectivity index (χ1n) is 10.5. The number of halogens is 1. The highest BCUT2D eigenvalue weighted by atomic mass is 32.2. The van der Waals surface area contributed by atoms with Crippen LogP contribution < -0.4 is 5.56 Å². The van der Waals surface area contributed by atoms with Crippen molar-refractivity contribution >= 4 is 28.6 Å². The van der Waals surface area contributed by atoms with Crippen molar-refractivity contribution < 1.29 is 13.9 Å². The largest absolute Gasteiger partial charge is 0.441 e. The number of esters is 1. The molecule has 2 aromatic heterocycles. The summed E-state index contributed by atoms with van der Waals surface area (Å²) >= 11 is 1.08. The second kappa shape index (κ2) is 9.85. The molecule has 0 saturated heterocycles. The Kier molecular flexibility index (Phi) is 6.31. The lowest BCUT2D eigenvalue weighted by Gasteiger charge is -2.11. The number of benzene rings is 3. The zero-order valence-electron chi connectivity index (χ0n) is 18.1. The number of para-hydroxylation sites is 1. The van der Waals surface area contributed by atoms with Gasteiger partial charge in [-0.2, -0.15) is 4.68 Å². The maximum atomic E-state index is 14.5. The molecule has 0 saturated carbocycles. The number of nitrogens with zero attached hydrogens (tertiary/aromatic N) is 6. The summed E-state index contributed by atoms with van der Waals surface area (Å²) in [4.78, 5) is 24.9. The molecule has 11 heteroatoms. The van der Waals surface area contributed by atoms with Crippen molar-refractivity contribution in [1.29, 1.82) is 0 Å². The van der Waals surface area contributed by atoms with Crippen LogP contribution in [-0.4, -0.2) is 41.5 Å². The van der Waals surface area contributed by atoms with Crippen LogP contribution in [-0.2, 0) is 16.3 Å². The van der Waals surface area contributed by atoms with Crippen LogP contribution in [0.4, 0.5) is 4.39 Å². The Hall–Kier alpha value is -4.38. The normalized spacial score (nSPS) is 11.0. The predicted molar refractivity (Wildman–Crippen MR) is 127 cm³/mol. The third kappa shape index (κ3) is 4.66. The van der Waals surface area contributed by atoms with E-state index in [2.05, 4.69) is 20.5 Å². The number of carbonyl (C=O) groups is 1. The Morgan fingerprint density at radius 2 is 1.66 bits per heavy atom. The van der Waals surface area contributed by atoms with Crippen molar-refractivity contribution in [3.8, 4) is 17.1 Å². The molecule has 0 spiro atoms. The van der Waals surface area contributed by atoms with Crippen molar-refractivity contribution in [3.05, 3.63) is 95.0 Å². The molecule has 0 amide bonds. The summed E-state index contributed by atoms with van der Waals surface area (Å²) in [5.74, 6) is -0.831. The third-order valence-electron chi connectivity index (χ3n) is 5.06. The molecule has 0 atom stereocenters. The third-order valence-corrected chi connectivity index (χ3v) is 5.96. The van der Waals surface area contributed by atoms with Crippen molar-refractivity contribution in [2.24, 2.45) is 0 Å². The van der Waals surface area contributed by atoms with Crippen LogP contribution in [0, 0.1) is 5.82 Å². The van der Waals surface area contributed by atoms with E-state index in [0.29, 0.717) is 27.6 Å². The number of hydrogen-bond acceptors (Lipinski definition) is 8. The molecule has 0 fully saturated rings. The van der Waals surface area contributed by atoms with E-state index >= 15 is 0 Å². The summed E-state index contributed by atoms with van der Waals surface area (Å²) < 4.78 is 22.4. The molecule has 0 N–H and O–H groups in total. The van der Waals surface area contributed by atoms with Crippen LogP contribution in [0.5, 0.6) is 0 Å². The van der Waals surface area contributed by atoms with E-state index in [0.717, 1.165) is 16.4 Å². The summed E-state index contributed by atoms with van der Waals surface area (Å²) in [5, 5.41) is 16.9. The summed E-state index contributed by atoms with van der Waals surface area (Å²) in [5.41, 5.74) is 1.05. The van der Waals surface area contributed by atoms with Gasteiger partial charge >= 0.3 is 5.97 Å². The van der Waals surface area contributed by atoms with E-state index in [9.17, 15) is 14.0 Å². The van der Waals surface area contributed by atoms with Gasteiger partial charge in [0.15, 0.2) is 17.7 Å². The molecule has 9 nitrogen and oxygen atoms in total. The van der Waals surface area contributed by atoms with Crippen LogP contribution >= 0.6 is 11.8 Å². The van der Waals surface area contributed by atoms with Gasteiger partial charge in [0, 0.05) is 5.69 Å². The Labute approximate surface area is 202 Å². The van der Waals surface area contributed by atoms with E-state index in [4.69, 9.17) is 4.74 Å². The summed E-state index contributed by atoms with van der Waals surface area (Å²) in [6.07, 6.45) is 0. The van der Waals surface area contributed by atoms with Gasteiger partial charge in [0.2, 0.25) is 0 Å². The van der Waals surface area contributed by atoms with Gasteiger partial charge in [-0.25, -0.2) is 4.39 Å². The molecule has 3 aromatic carbocycles. The first-order valence-corrected chi connectivity index (χ1v) is 11.5. The van der Waals surface area contributed by atoms with Crippen molar-refractivity contribution in [2.45, 2.75) is 11.9 Å². The number of rotatable bonds is 7. The van der Waals surface area contributed by atoms with E-state index in [1.54, 1.807) is 47.0 Å². The molecule has 5 rings (SSSR count). The fraction of sp³-hybridized carbons (Fsp3) is 0.0833. The van der Waals surface area contributed by atoms with Crippen molar-refractivity contribution in [1.82, 2.24) is 29.8 Å². The van der Waals surface area contributed by atoms with Gasteiger partial charge in [-0.3, -0.25) is 14.2 Å². The van der Waals surface area contributed by atoms with E-state index in [1.165, 1.54) is 6.07 Å². The molecule has 174 valence electrons. The van der Waals surface area contributed by atoms with Crippen LogP contribution in [0.25, 0.3) is 28.0 Å². The molecule has 0 radical (unpaired) electrons. The second-order valence-corrected chi connectivity index (χ2v) is 8.24. The van der Waals surface area contributed by atoms with Gasteiger partial charge in [-0.05, 0) is 36.4 Å². The van der Waals surface area contributed by atoms with Gasteiger partial charge in [-0.15, -0.1) is 15.3 Å². The smallest absolute Gasteiger partial charge is 0.318 e. The van der Waals surface area contributed by atoms with Gasteiger partial charge in [-0.1, -0.05) is 59.4 Å². The fourth-order valence-electron chi connectivity index (χ4n) is 3.40. The molecule has 0 bridgehead atoms. The zero-order chi connectivity index (χ0) is 24.2. The Morgan fingerprint density at radius 3 is 2.49 bits per heavy atom. The standard InChI is InChI=1S/C24H17FN6O3S/c25-19-12-6-4-10-17(19)22-27-28-24(31(22)16-8-2-1-3-9-16)35-14-21(32)34-15-30-23(33)18-11-5-7-13-20(18)26-29-30/h1-13H,14-15H2. The first-order chi connectivity index (χ1) is 17.1. The highest BCUT2D eigenvalue weighted by Gasteiger charge is 2.19. The van der Waals surface area contributed by atoms with Gasteiger partial charge < -0.3 is 4.74 Å². The summed E-state index contributed by atoms with van der Waals surface area (Å²) in [6.45, 7) is -0.373. The lowest BCUT2D eigenvalue weighted by Crippen LogP contribution is -2.27. The highest BCUT2D eigenvalue weighted by molar-refractivity contribution is 7.99. The van der Waals surface area contributed by atoms with Gasteiger partial charge in [0.25, 0.3) is 5.56 Å². The lowest BCUT2D eigenvalue weighted by atomic mass is 10.2. The van der Waals surface area contributed by atoms with Crippen LogP contribution in [0.15, 0.2) is 88.8 Å². The quantitative estimate of drug-likeness (QED) is 0.253. The number of ether oxygens (including phenoxy) is 1. The lowest BCUT2D eigenvalue weighted by molar-refractivity contribution is -0.144. The van der Waals surface area contributed by atoms with Crippen LogP contribution in [0.1, 0.15) is 0 Å². The molecular formula is C24H17FN6O3S. The molecule has 0 unspecified atom stereocenters. The number of thioether (sulfide) groups is 1. The average Bonchev–Trinajstić information content (AvgIpc) is 3.32. The van der Waals surface area contributed by atoms with Crippen LogP contribution in [0.2, 0.25) is 0 Å². The summed E-state index contributed by atoms with van der Waals surface area (Å²) in [6, 6.07) is 22.3. The average molecular weight is 489 g/mol. The number of fused-ring (bicyclic) bond motifs is 1.